The van der Waals surface area contributed by atoms with Crippen molar-refractivity contribution in [3.8, 4) is 6.07 Å². The third-order valence-electron chi connectivity index (χ3n) is 4.12. The molecule has 0 aromatic rings. The molecule has 0 aromatic heterocycles. The summed E-state index contributed by atoms with van der Waals surface area (Å²) < 4.78 is 5.30. The number of nitriles is 1. The Morgan fingerprint density at radius 3 is 2.84 bits per heavy atom. The van der Waals surface area contributed by atoms with E-state index in [0.717, 1.165) is 19.4 Å². The summed E-state index contributed by atoms with van der Waals surface area (Å²) in [7, 11) is 0. The lowest BCUT2D eigenvalue weighted by atomic mass is 9.95. The summed E-state index contributed by atoms with van der Waals surface area (Å²) in [5, 5.41) is 12.0. The highest BCUT2D eigenvalue weighted by atomic mass is 16.5. The molecule has 1 aliphatic carbocycles. The van der Waals surface area contributed by atoms with Gasteiger partial charge in [0, 0.05) is 19.1 Å². The van der Waals surface area contributed by atoms with E-state index in [2.05, 4.69) is 11.4 Å². The van der Waals surface area contributed by atoms with Gasteiger partial charge in [-0.1, -0.05) is 19.3 Å². The number of hydrogen-bond acceptors (Lipinski definition) is 4. The maximum absolute atomic E-state index is 12.2. The molecule has 2 aliphatic rings. The highest BCUT2D eigenvalue weighted by Gasteiger charge is 2.29. The molecule has 2 rings (SSSR count). The van der Waals surface area contributed by atoms with Crippen LogP contribution in [-0.2, 0) is 9.53 Å². The largest absolute Gasteiger partial charge is 0.361 e. The monoisotopic (exact) mass is 265 g/mol. The quantitative estimate of drug-likeness (QED) is 0.828. The van der Waals surface area contributed by atoms with Crippen molar-refractivity contribution in [3.63, 3.8) is 0 Å². The van der Waals surface area contributed by atoms with Crippen molar-refractivity contribution in [2.45, 2.75) is 57.2 Å². The van der Waals surface area contributed by atoms with Gasteiger partial charge >= 0.3 is 0 Å². The number of ether oxygens (including phenoxy) is 1. The molecule has 1 saturated heterocycles. The molecule has 2 fully saturated rings. The number of nitrogens with one attached hydrogen (secondary N) is 1. The summed E-state index contributed by atoms with van der Waals surface area (Å²) in [6.45, 7) is 3.68. The number of morpholine rings is 1. The molecule has 106 valence electrons. The van der Waals surface area contributed by atoms with E-state index in [0.29, 0.717) is 19.2 Å². The smallest absolute Gasteiger partial charge is 0.237 e. The molecule has 2 unspecified atom stereocenters. The number of rotatable bonds is 3. The second-order valence-electron chi connectivity index (χ2n) is 5.50. The molecular formula is C14H23N3O2. The number of carbonyl (C=O) groups excluding carboxylic acids is 1. The minimum atomic E-state index is -0.404. The third kappa shape index (κ3) is 3.92. The Labute approximate surface area is 114 Å². The van der Waals surface area contributed by atoms with Crippen molar-refractivity contribution in [2.75, 3.05) is 19.7 Å². The van der Waals surface area contributed by atoms with Gasteiger partial charge in [-0.25, -0.2) is 0 Å². The van der Waals surface area contributed by atoms with E-state index in [-0.39, 0.29) is 11.9 Å². The van der Waals surface area contributed by atoms with Gasteiger partial charge in [-0.3, -0.25) is 9.69 Å². The van der Waals surface area contributed by atoms with Crippen LogP contribution in [0.3, 0.4) is 0 Å². The van der Waals surface area contributed by atoms with Gasteiger partial charge in [0.2, 0.25) is 5.91 Å². The van der Waals surface area contributed by atoms with Gasteiger partial charge in [-0.15, -0.1) is 0 Å². The number of nitrogens with zero attached hydrogens (tertiary/aromatic N) is 2. The van der Waals surface area contributed by atoms with Crippen LogP contribution in [0.1, 0.15) is 39.0 Å². The molecule has 1 saturated carbocycles. The predicted octanol–water partition coefficient (Wildman–Crippen LogP) is 1.05. The van der Waals surface area contributed by atoms with Crippen LogP contribution in [0, 0.1) is 11.3 Å². The Balaban J connectivity index is 1.82. The average molecular weight is 265 g/mol. The maximum atomic E-state index is 12.2. The zero-order valence-electron chi connectivity index (χ0n) is 11.6. The molecule has 19 heavy (non-hydrogen) atoms. The lowest BCUT2D eigenvalue weighted by molar-refractivity contribution is -0.129. The first kappa shape index (κ1) is 14.3. The van der Waals surface area contributed by atoms with E-state index in [1.165, 1.54) is 19.3 Å². The normalized spacial score (nSPS) is 27.5. The van der Waals surface area contributed by atoms with E-state index < -0.39 is 6.10 Å². The maximum Gasteiger partial charge on any atom is 0.237 e. The van der Waals surface area contributed by atoms with Crippen LogP contribution >= 0.6 is 0 Å². The molecule has 0 radical (unpaired) electrons. The van der Waals surface area contributed by atoms with Crippen LogP contribution in [0.15, 0.2) is 0 Å². The molecule has 1 amide bonds. The highest BCUT2D eigenvalue weighted by Crippen LogP contribution is 2.18. The fraction of sp³-hybridized carbons (Fsp3) is 0.857. The summed E-state index contributed by atoms with van der Waals surface area (Å²) in [5.74, 6) is 0.0884. The fourth-order valence-electron chi connectivity index (χ4n) is 2.83. The Hall–Kier alpha value is -1.12. The highest BCUT2D eigenvalue weighted by molar-refractivity contribution is 5.81. The van der Waals surface area contributed by atoms with Crippen LogP contribution in [0.4, 0.5) is 0 Å². The molecule has 1 heterocycles. The van der Waals surface area contributed by atoms with Gasteiger partial charge in [0.25, 0.3) is 0 Å². The van der Waals surface area contributed by atoms with Gasteiger partial charge < -0.3 is 10.1 Å². The van der Waals surface area contributed by atoms with Gasteiger partial charge in [-0.05, 0) is 19.8 Å². The topological polar surface area (TPSA) is 65.4 Å². The second-order valence-corrected chi connectivity index (χ2v) is 5.50. The third-order valence-corrected chi connectivity index (χ3v) is 4.12. The van der Waals surface area contributed by atoms with Crippen molar-refractivity contribution in [2.24, 2.45) is 0 Å². The Morgan fingerprint density at radius 2 is 2.16 bits per heavy atom. The predicted molar refractivity (Wildman–Crippen MR) is 71.4 cm³/mol. The standard InChI is InChI=1S/C14H23N3O2/c1-11(17-7-8-19-13(9-15)10-17)14(18)16-12-5-3-2-4-6-12/h11-13H,2-8,10H2,1H3,(H,16,18). The van der Waals surface area contributed by atoms with Gasteiger partial charge in [0.15, 0.2) is 6.10 Å². The molecule has 0 spiro atoms. The number of hydrogen-bond donors (Lipinski definition) is 1. The van der Waals surface area contributed by atoms with Crippen LogP contribution < -0.4 is 5.32 Å². The average Bonchev–Trinajstić information content (AvgIpc) is 2.47. The number of amides is 1. The first-order valence-electron chi connectivity index (χ1n) is 7.26. The number of carbonyl (C=O) groups is 1. The summed E-state index contributed by atoms with van der Waals surface area (Å²) in [5.41, 5.74) is 0. The summed E-state index contributed by atoms with van der Waals surface area (Å²) in [6, 6.07) is 2.28. The lowest BCUT2D eigenvalue weighted by Crippen LogP contribution is -2.53. The Kier molecular flexibility index (Phi) is 5.17. The van der Waals surface area contributed by atoms with E-state index in [4.69, 9.17) is 10.00 Å². The summed E-state index contributed by atoms with van der Waals surface area (Å²) >= 11 is 0. The molecule has 2 atom stereocenters. The molecule has 5 heteroatoms. The SMILES string of the molecule is CC(C(=O)NC1CCCCC1)N1CCOC(C#N)C1. The lowest BCUT2D eigenvalue weighted by Gasteiger charge is -2.34. The molecule has 0 aromatic carbocycles. The zero-order valence-corrected chi connectivity index (χ0v) is 11.6. The first-order valence-corrected chi connectivity index (χ1v) is 7.26. The van der Waals surface area contributed by atoms with Gasteiger partial charge in [0.05, 0.1) is 18.7 Å². The van der Waals surface area contributed by atoms with Crippen LogP contribution in [0.5, 0.6) is 0 Å². The van der Waals surface area contributed by atoms with Crippen molar-refractivity contribution < 1.29 is 9.53 Å². The first-order chi connectivity index (χ1) is 9.20. The van der Waals surface area contributed by atoms with Gasteiger partial charge in [0.1, 0.15) is 0 Å². The van der Waals surface area contributed by atoms with E-state index in [1.807, 2.05) is 11.8 Å². The van der Waals surface area contributed by atoms with Crippen LogP contribution in [-0.4, -0.2) is 48.7 Å². The molecule has 0 bridgehead atoms. The van der Waals surface area contributed by atoms with Crippen molar-refractivity contribution in [3.05, 3.63) is 0 Å². The van der Waals surface area contributed by atoms with Crippen molar-refractivity contribution in [1.82, 2.24) is 10.2 Å². The minimum Gasteiger partial charge on any atom is -0.361 e. The molecular weight excluding hydrogens is 242 g/mol. The van der Waals surface area contributed by atoms with E-state index in [1.54, 1.807) is 0 Å². The molecule has 1 N–H and O–H groups in total. The Bertz CT molecular complexity index is 347. The van der Waals surface area contributed by atoms with E-state index >= 15 is 0 Å². The van der Waals surface area contributed by atoms with Crippen molar-refractivity contribution >= 4 is 5.91 Å². The van der Waals surface area contributed by atoms with Crippen LogP contribution in [0.25, 0.3) is 0 Å². The summed E-state index contributed by atoms with van der Waals surface area (Å²) in [4.78, 5) is 14.3. The fourth-order valence-corrected chi connectivity index (χ4v) is 2.83. The zero-order chi connectivity index (χ0) is 13.7. The van der Waals surface area contributed by atoms with Gasteiger partial charge in [-0.2, -0.15) is 5.26 Å². The van der Waals surface area contributed by atoms with Crippen LogP contribution in [0.2, 0.25) is 0 Å². The second kappa shape index (κ2) is 6.88. The molecule has 5 nitrogen and oxygen atoms in total. The summed E-state index contributed by atoms with van der Waals surface area (Å²) in [6.07, 6.45) is 5.51. The minimum absolute atomic E-state index is 0.0884. The molecule has 1 aliphatic heterocycles. The Morgan fingerprint density at radius 1 is 1.42 bits per heavy atom. The van der Waals surface area contributed by atoms with Crippen molar-refractivity contribution in [1.29, 1.82) is 5.26 Å². The van der Waals surface area contributed by atoms with E-state index in [9.17, 15) is 4.79 Å².